The Kier molecular flexibility index (Phi) is 9.11. The van der Waals surface area contributed by atoms with E-state index >= 15 is 0 Å². The lowest BCUT2D eigenvalue weighted by atomic mass is 10.2. The average molecular weight is 242 g/mol. The fourth-order valence-corrected chi connectivity index (χ4v) is 1.11. The van der Waals surface area contributed by atoms with Gasteiger partial charge in [0.05, 0.1) is 0 Å². The van der Waals surface area contributed by atoms with E-state index in [9.17, 15) is 9.59 Å². The van der Waals surface area contributed by atoms with Gasteiger partial charge in [-0.2, -0.15) is 0 Å². The summed E-state index contributed by atoms with van der Waals surface area (Å²) in [5.74, 6) is -0.723. The molecule has 4 heteroatoms. The molecule has 0 bridgehead atoms. The number of carbonyl (C=O) groups excluding carboxylic acids is 2. The van der Waals surface area contributed by atoms with Crippen molar-refractivity contribution in [3.05, 3.63) is 12.0 Å². The van der Waals surface area contributed by atoms with Gasteiger partial charge in [-0.3, -0.25) is 9.59 Å². The zero-order valence-electron chi connectivity index (χ0n) is 11.0. The molecule has 4 nitrogen and oxygen atoms in total. The molecule has 0 atom stereocenters. The van der Waals surface area contributed by atoms with Crippen molar-refractivity contribution in [1.29, 1.82) is 0 Å². The minimum Gasteiger partial charge on any atom is -0.393 e. The number of ether oxygens (including phenoxy) is 2. The van der Waals surface area contributed by atoms with Crippen molar-refractivity contribution in [1.82, 2.24) is 0 Å². The predicted octanol–water partition coefficient (Wildman–Crippen LogP) is 3.31. The molecule has 0 rings (SSSR count). The Morgan fingerprint density at radius 3 is 1.65 bits per heavy atom. The van der Waals surface area contributed by atoms with Crippen LogP contribution in [0.15, 0.2) is 12.0 Å². The Morgan fingerprint density at radius 1 is 0.941 bits per heavy atom. The molecular weight excluding hydrogens is 220 g/mol. The van der Waals surface area contributed by atoms with Gasteiger partial charge >= 0.3 is 11.9 Å². The van der Waals surface area contributed by atoms with Crippen molar-refractivity contribution in [3.63, 3.8) is 0 Å². The first-order chi connectivity index (χ1) is 8.13. The topological polar surface area (TPSA) is 52.6 Å². The van der Waals surface area contributed by atoms with Crippen molar-refractivity contribution in [2.45, 2.75) is 59.3 Å². The van der Waals surface area contributed by atoms with Crippen LogP contribution < -0.4 is 0 Å². The zero-order valence-corrected chi connectivity index (χ0v) is 11.0. The maximum absolute atomic E-state index is 11.3. The fourth-order valence-electron chi connectivity index (χ4n) is 1.11. The largest absolute Gasteiger partial charge is 0.393 e. The molecule has 0 unspecified atom stereocenters. The highest BCUT2D eigenvalue weighted by Crippen LogP contribution is 2.07. The lowest BCUT2D eigenvalue weighted by Crippen LogP contribution is -2.11. The minimum absolute atomic E-state index is 0.00722. The van der Waals surface area contributed by atoms with Gasteiger partial charge in [0.15, 0.2) is 0 Å². The molecule has 0 aromatic rings. The number of esters is 2. The summed E-state index contributed by atoms with van der Waals surface area (Å²) in [5, 5.41) is 0. The summed E-state index contributed by atoms with van der Waals surface area (Å²) in [6.45, 7) is 5.65. The average Bonchev–Trinajstić information content (AvgIpc) is 2.32. The molecule has 17 heavy (non-hydrogen) atoms. The van der Waals surface area contributed by atoms with Gasteiger partial charge in [-0.05, 0) is 25.8 Å². The van der Waals surface area contributed by atoms with Crippen LogP contribution in [-0.2, 0) is 19.1 Å². The SMILES string of the molecule is CC=C(OC(=O)CCCC)OC(=O)CCCC. The third-order valence-corrected chi connectivity index (χ3v) is 2.13. The second-order valence-electron chi connectivity index (χ2n) is 3.76. The van der Waals surface area contributed by atoms with Crippen LogP contribution in [0.1, 0.15) is 59.3 Å². The number of unbranched alkanes of at least 4 members (excludes halogenated alkanes) is 2. The zero-order chi connectivity index (χ0) is 13.1. The van der Waals surface area contributed by atoms with Crippen LogP contribution in [0.4, 0.5) is 0 Å². The normalized spacial score (nSPS) is 9.59. The molecule has 0 fully saturated rings. The van der Waals surface area contributed by atoms with Crippen molar-refractivity contribution >= 4 is 11.9 Å². The molecule has 0 amide bonds. The van der Waals surface area contributed by atoms with Crippen LogP contribution >= 0.6 is 0 Å². The summed E-state index contributed by atoms with van der Waals surface area (Å²) >= 11 is 0. The van der Waals surface area contributed by atoms with Crippen LogP contribution in [0.5, 0.6) is 0 Å². The third-order valence-electron chi connectivity index (χ3n) is 2.13. The van der Waals surface area contributed by atoms with E-state index in [0.717, 1.165) is 25.7 Å². The minimum atomic E-state index is -0.358. The van der Waals surface area contributed by atoms with Crippen LogP contribution in [-0.4, -0.2) is 11.9 Å². The molecule has 0 aliphatic rings. The Balaban J connectivity index is 4.00. The maximum Gasteiger partial charge on any atom is 0.313 e. The summed E-state index contributed by atoms with van der Waals surface area (Å²) in [5.41, 5.74) is 0. The Bertz CT molecular complexity index is 245. The van der Waals surface area contributed by atoms with Gasteiger partial charge in [0, 0.05) is 12.8 Å². The summed E-state index contributed by atoms with van der Waals surface area (Å²) < 4.78 is 9.86. The first-order valence-corrected chi connectivity index (χ1v) is 6.21. The van der Waals surface area contributed by atoms with E-state index in [1.165, 1.54) is 6.08 Å². The lowest BCUT2D eigenvalue weighted by molar-refractivity contribution is -0.154. The van der Waals surface area contributed by atoms with Crippen molar-refractivity contribution in [3.8, 4) is 0 Å². The highest BCUT2D eigenvalue weighted by Gasteiger charge is 2.11. The summed E-state index contributed by atoms with van der Waals surface area (Å²) in [4.78, 5) is 22.6. The Morgan fingerprint density at radius 2 is 1.35 bits per heavy atom. The molecule has 98 valence electrons. The first kappa shape index (κ1) is 15.7. The van der Waals surface area contributed by atoms with Crippen LogP contribution in [0, 0.1) is 0 Å². The van der Waals surface area contributed by atoms with Crippen LogP contribution in [0.25, 0.3) is 0 Å². The van der Waals surface area contributed by atoms with E-state index in [1.54, 1.807) is 6.92 Å². The van der Waals surface area contributed by atoms with Gasteiger partial charge in [0.1, 0.15) is 0 Å². The van der Waals surface area contributed by atoms with Crippen molar-refractivity contribution in [2.75, 3.05) is 0 Å². The molecular formula is C13H22O4. The van der Waals surface area contributed by atoms with Gasteiger partial charge in [0.2, 0.25) is 0 Å². The van der Waals surface area contributed by atoms with Gasteiger partial charge in [-0.1, -0.05) is 26.7 Å². The fraction of sp³-hybridized carbons (Fsp3) is 0.692. The number of rotatable bonds is 8. The monoisotopic (exact) mass is 242 g/mol. The highest BCUT2D eigenvalue weighted by molar-refractivity contribution is 5.73. The molecule has 0 heterocycles. The second-order valence-corrected chi connectivity index (χ2v) is 3.76. The van der Waals surface area contributed by atoms with E-state index in [4.69, 9.17) is 9.47 Å². The molecule has 0 aromatic heterocycles. The maximum atomic E-state index is 11.3. The molecule has 0 saturated heterocycles. The Labute approximate surface area is 103 Å². The van der Waals surface area contributed by atoms with Crippen LogP contribution in [0.3, 0.4) is 0 Å². The highest BCUT2D eigenvalue weighted by atomic mass is 16.7. The summed E-state index contributed by atoms with van der Waals surface area (Å²) in [6.07, 6.45) is 5.58. The summed E-state index contributed by atoms with van der Waals surface area (Å²) in [6, 6.07) is 0. The standard InChI is InChI=1S/C13H22O4/c1-4-7-9-11(14)16-13(6-3)17-12(15)10-8-5-2/h6H,4-5,7-10H2,1-3H3. The van der Waals surface area contributed by atoms with Gasteiger partial charge < -0.3 is 9.47 Å². The van der Waals surface area contributed by atoms with Gasteiger partial charge in [0.25, 0.3) is 5.95 Å². The van der Waals surface area contributed by atoms with Crippen molar-refractivity contribution in [2.24, 2.45) is 0 Å². The number of hydrogen-bond acceptors (Lipinski definition) is 4. The predicted molar refractivity (Wildman–Crippen MR) is 65.0 cm³/mol. The summed E-state index contributed by atoms with van der Waals surface area (Å²) in [7, 11) is 0. The number of hydrogen-bond donors (Lipinski definition) is 0. The third kappa shape index (κ3) is 8.48. The van der Waals surface area contributed by atoms with E-state index in [1.807, 2.05) is 13.8 Å². The molecule has 0 spiro atoms. The smallest absolute Gasteiger partial charge is 0.313 e. The molecule has 0 saturated carbocycles. The van der Waals surface area contributed by atoms with Crippen molar-refractivity contribution < 1.29 is 19.1 Å². The van der Waals surface area contributed by atoms with E-state index < -0.39 is 0 Å². The van der Waals surface area contributed by atoms with E-state index in [0.29, 0.717) is 12.8 Å². The molecule has 0 N–H and O–H groups in total. The van der Waals surface area contributed by atoms with Gasteiger partial charge in [-0.15, -0.1) is 0 Å². The first-order valence-electron chi connectivity index (χ1n) is 6.21. The van der Waals surface area contributed by atoms with Crippen LogP contribution in [0.2, 0.25) is 0 Å². The molecule has 0 aliphatic heterocycles. The number of carbonyl (C=O) groups is 2. The Hall–Kier alpha value is -1.32. The molecule has 0 aliphatic carbocycles. The number of allylic oxidation sites excluding steroid dienone is 1. The van der Waals surface area contributed by atoms with E-state index in [-0.39, 0.29) is 17.9 Å². The molecule has 0 aromatic carbocycles. The van der Waals surface area contributed by atoms with Gasteiger partial charge in [-0.25, -0.2) is 0 Å². The molecule has 0 radical (unpaired) electrons. The van der Waals surface area contributed by atoms with E-state index in [2.05, 4.69) is 0 Å². The lowest BCUT2D eigenvalue weighted by Gasteiger charge is -2.08. The quantitative estimate of drug-likeness (QED) is 0.484. The second kappa shape index (κ2) is 9.87.